The Hall–Kier alpha value is -3.37. The number of hydrogen-bond donors (Lipinski definition) is 0. The highest BCUT2D eigenvalue weighted by atomic mass is 16.2. The molecule has 0 unspecified atom stereocenters. The number of carbonyl (C=O) groups is 1. The van der Waals surface area contributed by atoms with Crippen LogP contribution in [0.5, 0.6) is 0 Å². The number of rotatable bonds is 4. The number of nitrogens with zero attached hydrogens (tertiary/aromatic N) is 5. The lowest BCUT2D eigenvalue weighted by Crippen LogP contribution is -2.33. The van der Waals surface area contributed by atoms with Crippen molar-refractivity contribution < 1.29 is 4.79 Å². The fourth-order valence-electron chi connectivity index (χ4n) is 4.33. The molecule has 2 aliphatic rings. The summed E-state index contributed by atoms with van der Waals surface area (Å²) in [6, 6.07) is 16.6. The van der Waals surface area contributed by atoms with E-state index in [1.165, 1.54) is 16.7 Å². The molecule has 1 aliphatic heterocycles. The van der Waals surface area contributed by atoms with Gasteiger partial charge in [-0.3, -0.25) is 4.79 Å². The molecular weight excluding hydrogens is 374 g/mol. The zero-order valence-electron chi connectivity index (χ0n) is 17.3. The predicted octanol–water partition coefficient (Wildman–Crippen LogP) is 5.74. The van der Waals surface area contributed by atoms with E-state index in [-0.39, 0.29) is 24.4 Å². The zero-order valence-corrected chi connectivity index (χ0v) is 17.3. The third kappa shape index (κ3) is 4.00. The van der Waals surface area contributed by atoms with E-state index in [0.717, 1.165) is 36.1 Å². The van der Waals surface area contributed by atoms with Crippen molar-refractivity contribution >= 4 is 17.7 Å². The van der Waals surface area contributed by atoms with Crippen molar-refractivity contribution in [2.45, 2.75) is 39.2 Å². The molecule has 0 radical (unpaired) electrons. The van der Waals surface area contributed by atoms with Crippen molar-refractivity contribution in [2.24, 2.45) is 16.1 Å². The van der Waals surface area contributed by atoms with Crippen molar-refractivity contribution in [2.75, 3.05) is 6.54 Å². The Labute approximate surface area is 176 Å². The number of amides is 1. The van der Waals surface area contributed by atoms with Crippen molar-refractivity contribution in [3.8, 4) is 0 Å². The van der Waals surface area contributed by atoms with Crippen molar-refractivity contribution in [1.29, 1.82) is 0 Å². The lowest BCUT2D eigenvalue weighted by Gasteiger charge is -2.29. The second kappa shape index (κ2) is 8.56. The number of carbonyl (C=O) groups excluding carboxylic acids is 1. The van der Waals surface area contributed by atoms with Gasteiger partial charge < -0.3 is 0 Å². The summed E-state index contributed by atoms with van der Waals surface area (Å²) in [5, 5.41) is 9.81. The largest absolute Gasteiger partial charge is 0.273 e. The van der Waals surface area contributed by atoms with Gasteiger partial charge in [0.2, 0.25) is 5.91 Å². The van der Waals surface area contributed by atoms with Crippen LogP contribution in [0, 0.1) is 19.8 Å². The molecule has 0 aromatic heterocycles. The molecule has 2 atom stereocenters. The zero-order chi connectivity index (χ0) is 21.1. The van der Waals surface area contributed by atoms with Crippen LogP contribution >= 0.6 is 0 Å². The molecule has 1 saturated carbocycles. The van der Waals surface area contributed by atoms with Gasteiger partial charge in [0.15, 0.2) is 0 Å². The van der Waals surface area contributed by atoms with Crippen LogP contribution in [0.4, 0.5) is 0 Å². The first-order valence-corrected chi connectivity index (χ1v) is 10.3. The van der Waals surface area contributed by atoms with Gasteiger partial charge in [0.05, 0.1) is 11.8 Å². The first-order valence-electron chi connectivity index (χ1n) is 10.3. The predicted molar refractivity (Wildman–Crippen MR) is 119 cm³/mol. The van der Waals surface area contributed by atoms with Gasteiger partial charge in [-0.05, 0) is 61.4 Å². The lowest BCUT2D eigenvalue weighted by molar-refractivity contribution is -0.132. The van der Waals surface area contributed by atoms with Gasteiger partial charge in [0, 0.05) is 10.8 Å². The number of fused-ring (bicyclic) bond motifs is 1. The maximum atomic E-state index is 12.8. The van der Waals surface area contributed by atoms with E-state index in [1.54, 1.807) is 5.01 Å². The molecule has 1 amide bonds. The number of azide groups is 1. The summed E-state index contributed by atoms with van der Waals surface area (Å²) in [7, 11) is 0. The number of aryl methyl sites for hydroxylation is 2. The van der Waals surface area contributed by atoms with Gasteiger partial charge in [-0.2, -0.15) is 5.10 Å². The van der Waals surface area contributed by atoms with E-state index >= 15 is 0 Å². The SMILES string of the molecule is Cc1ccc(/C=C2\CCC[C@H]3C2=NN(C(=O)CN=[N+]=[N-])[C@H]3c2ccc(C)cc2)cc1. The van der Waals surface area contributed by atoms with Crippen LogP contribution in [0.1, 0.15) is 47.6 Å². The van der Waals surface area contributed by atoms with Gasteiger partial charge in [-0.25, -0.2) is 5.01 Å². The normalized spacial score (nSPS) is 21.7. The molecule has 30 heavy (non-hydrogen) atoms. The minimum absolute atomic E-state index is 0.146. The minimum atomic E-state index is -0.269. The maximum Gasteiger partial charge on any atom is 0.249 e. The highest BCUT2D eigenvalue weighted by Gasteiger charge is 2.43. The quantitative estimate of drug-likeness (QED) is 0.367. The summed E-state index contributed by atoms with van der Waals surface area (Å²) in [6.45, 7) is 3.90. The van der Waals surface area contributed by atoms with E-state index in [9.17, 15) is 4.79 Å². The van der Waals surface area contributed by atoms with Gasteiger partial charge >= 0.3 is 0 Å². The molecule has 0 spiro atoms. The van der Waals surface area contributed by atoms with Crippen LogP contribution in [-0.4, -0.2) is 23.2 Å². The molecule has 2 aromatic carbocycles. The van der Waals surface area contributed by atoms with Crippen LogP contribution in [0.3, 0.4) is 0 Å². The second-order valence-corrected chi connectivity index (χ2v) is 8.05. The Kier molecular flexibility index (Phi) is 5.68. The second-order valence-electron chi connectivity index (χ2n) is 8.05. The molecular formula is C24H25N5O. The van der Waals surface area contributed by atoms with Crippen LogP contribution in [0.25, 0.3) is 16.5 Å². The third-order valence-electron chi connectivity index (χ3n) is 5.86. The van der Waals surface area contributed by atoms with Crippen LogP contribution in [0.2, 0.25) is 0 Å². The van der Waals surface area contributed by atoms with Crippen LogP contribution in [0.15, 0.2) is 64.3 Å². The van der Waals surface area contributed by atoms with Gasteiger partial charge in [0.25, 0.3) is 0 Å². The Bertz CT molecular complexity index is 1050. The first-order chi connectivity index (χ1) is 14.6. The molecule has 2 aromatic rings. The Morgan fingerprint density at radius 1 is 1.17 bits per heavy atom. The van der Waals surface area contributed by atoms with E-state index < -0.39 is 0 Å². The average molecular weight is 399 g/mol. The van der Waals surface area contributed by atoms with E-state index in [2.05, 4.69) is 71.6 Å². The van der Waals surface area contributed by atoms with E-state index in [1.807, 2.05) is 6.92 Å². The summed E-state index contributed by atoms with van der Waals surface area (Å²) < 4.78 is 0. The third-order valence-corrected chi connectivity index (χ3v) is 5.86. The van der Waals surface area contributed by atoms with Gasteiger partial charge in [-0.1, -0.05) is 64.8 Å². The van der Waals surface area contributed by atoms with Gasteiger partial charge in [-0.15, -0.1) is 0 Å². The molecule has 6 heteroatoms. The van der Waals surface area contributed by atoms with Gasteiger partial charge in [0.1, 0.15) is 6.54 Å². The molecule has 4 rings (SSSR count). The van der Waals surface area contributed by atoms with Crippen molar-refractivity contribution in [3.63, 3.8) is 0 Å². The summed E-state index contributed by atoms with van der Waals surface area (Å²) in [6.07, 6.45) is 5.18. The molecule has 1 aliphatic carbocycles. The van der Waals surface area contributed by atoms with Crippen molar-refractivity contribution in [1.82, 2.24) is 5.01 Å². The first kappa shape index (κ1) is 19.9. The fraction of sp³-hybridized carbons (Fsp3) is 0.333. The van der Waals surface area contributed by atoms with Crippen LogP contribution < -0.4 is 0 Å². The van der Waals surface area contributed by atoms with E-state index in [4.69, 9.17) is 10.6 Å². The van der Waals surface area contributed by atoms with Crippen molar-refractivity contribution in [3.05, 3.63) is 86.8 Å². The minimum Gasteiger partial charge on any atom is -0.273 e. The smallest absolute Gasteiger partial charge is 0.249 e. The number of benzene rings is 2. The Morgan fingerprint density at radius 2 is 1.83 bits per heavy atom. The maximum absolute atomic E-state index is 12.8. The molecule has 6 nitrogen and oxygen atoms in total. The molecule has 1 fully saturated rings. The highest BCUT2D eigenvalue weighted by molar-refractivity contribution is 6.08. The number of hydrogen-bond acceptors (Lipinski definition) is 3. The highest BCUT2D eigenvalue weighted by Crippen LogP contribution is 2.44. The molecule has 152 valence electrons. The van der Waals surface area contributed by atoms with E-state index in [0.29, 0.717) is 0 Å². The summed E-state index contributed by atoms with van der Waals surface area (Å²) >= 11 is 0. The topological polar surface area (TPSA) is 81.4 Å². The van der Waals surface area contributed by atoms with Crippen LogP contribution in [-0.2, 0) is 4.79 Å². The monoisotopic (exact) mass is 399 g/mol. The average Bonchev–Trinajstić information content (AvgIpc) is 3.15. The number of hydrazone groups is 1. The molecule has 1 heterocycles. The molecule has 0 N–H and O–H groups in total. The fourth-order valence-corrected chi connectivity index (χ4v) is 4.33. The molecule has 0 saturated heterocycles. The Morgan fingerprint density at radius 3 is 2.50 bits per heavy atom. The molecule has 0 bridgehead atoms. The summed E-state index contributed by atoms with van der Waals surface area (Å²) in [5.41, 5.74) is 15.4. The standard InChI is InChI=1S/C24H25N5O/c1-16-6-10-18(11-7-16)14-20-4-3-5-21-23(20)27-29(22(30)15-26-28-25)24(21)19-12-8-17(2)9-13-19/h6-14,21,24H,3-5,15H2,1-2H3/b20-14+/t21-,24-/m0/s1. The number of allylic oxidation sites excluding steroid dienone is 1. The Balaban J connectivity index is 1.73. The summed E-state index contributed by atoms with van der Waals surface area (Å²) in [4.78, 5) is 15.6. The summed E-state index contributed by atoms with van der Waals surface area (Å²) in [5.74, 6) is -0.122. The lowest BCUT2D eigenvalue weighted by atomic mass is 9.77.